The predicted octanol–water partition coefficient (Wildman–Crippen LogP) is 5.81. The highest BCUT2D eigenvalue weighted by Gasteiger charge is 2.56. The lowest BCUT2D eigenvalue weighted by molar-refractivity contribution is -0.163. The lowest BCUT2D eigenvalue weighted by Crippen LogP contribution is -2.65. The van der Waals surface area contributed by atoms with Gasteiger partial charge in [0.1, 0.15) is 65.0 Å². The molecule has 6 fully saturated rings. The van der Waals surface area contributed by atoms with Gasteiger partial charge in [-0.1, -0.05) is 84.5 Å². The number of rotatable bonds is 10. The van der Waals surface area contributed by atoms with Gasteiger partial charge in [-0.3, -0.25) is 57.5 Å². The van der Waals surface area contributed by atoms with Crippen molar-refractivity contribution in [2.75, 3.05) is 88.6 Å². The van der Waals surface area contributed by atoms with Crippen molar-refractivity contribution >= 4 is 70.9 Å². The number of aryl methyl sites for hydroxylation is 1. The Bertz CT molecular complexity index is 3300. The molecule has 582 valence electrons. The minimum atomic E-state index is -5.49. The number of nitrogens with zero attached hydrogens (tertiary/aromatic N) is 9. The minimum absolute atomic E-state index is 0.0328. The number of carbonyl (C=O) groups excluding carboxylic acids is 12. The van der Waals surface area contributed by atoms with Crippen LogP contribution in [0.1, 0.15) is 166 Å². The number of alkyl halides is 8. The highest BCUT2D eigenvalue weighted by molar-refractivity contribution is 6.01. The highest BCUT2D eigenvalue weighted by Crippen LogP contribution is 2.40. The Labute approximate surface area is 599 Å². The molecule has 24 nitrogen and oxygen atoms in total. The van der Waals surface area contributed by atoms with Crippen molar-refractivity contribution < 1.29 is 101 Å². The number of hydrogen-bond acceptors (Lipinski definition) is 12. The van der Waals surface area contributed by atoms with Gasteiger partial charge in [-0.25, -0.2) is 17.6 Å². The fourth-order valence-corrected chi connectivity index (χ4v) is 15.5. The summed E-state index contributed by atoms with van der Waals surface area (Å²) in [7, 11) is 8.13. The fraction of sp³-hybridized carbons (Fsp3) is 0.743. The van der Waals surface area contributed by atoms with Crippen molar-refractivity contribution in [3.05, 3.63) is 34.9 Å². The number of likely N-dealkylation sites (N-methyl/N-ethyl adjacent to an activating group) is 7. The van der Waals surface area contributed by atoms with Crippen LogP contribution in [0.2, 0.25) is 0 Å². The van der Waals surface area contributed by atoms with Crippen LogP contribution in [-0.2, 0) is 70.1 Å². The van der Waals surface area contributed by atoms with E-state index in [0.717, 1.165) is 62.8 Å². The first-order valence-corrected chi connectivity index (χ1v) is 35.9. The summed E-state index contributed by atoms with van der Waals surface area (Å²) in [6.07, 6.45) is -8.98. The second-order valence-corrected chi connectivity index (χ2v) is 29.5. The Kier molecular flexibility index (Phi) is 28.1. The molecule has 3 aliphatic heterocycles. The first-order valence-electron chi connectivity index (χ1n) is 35.9. The van der Waals surface area contributed by atoms with Crippen molar-refractivity contribution in [1.29, 1.82) is 0 Å². The lowest BCUT2D eigenvalue weighted by atomic mass is 9.81. The number of fused-ring (bicyclic) bond motifs is 1. The third kappa shape index (κ3) is 20.6. The third-order valence-corrected chi connectivity index (χ3v) is 21.9. The Morgan fingerprint density at radius 2 is 1.17 bits per heavy atom. The molecule has 3 saturated heterocycles. The van der Waals surface area contributed by atoms with Gasteiger partial charge in [0.2, 0.25) is 70.9 Å². The van der Waals surface area contributed by atoms with Crippen LogP contribution in [0.25, 0.3) is 0 Å². The van der Waals surface area contributed by atoms with Gasteiger partial charge in [0.15, 0.2) is 0 Å². The maximum absolute atomic E-state index is 16.1. The van der Waals surface area contributed by atoms with E-state index in [1.165, 1.54) is 47.1 Å². The SMILES string of the molecule is CC[C@H](C)[C@@H]1NC(=O)[C@H](CC(F)(F)F)N(C)C(=O)C[C@@H](C(=O)N2CCCC2)N(C)C(=O)[C@H](C2CCCCC2)N(C)C(=O)C2(CCCC2)NC(=O)C2CC(F)(F)CN2C(=O)[C@H](CCc2cc(F)c(C(F)(F)F)c(F)c2)NC(=O)CN(C)C(=O)[C@H](CC2CCCCC2)N(C)C(=O)CN(C)C(=O)CN(C)C1=O. The maximum Gasteiger partial charge on any atom is 0.422 e. The summed E-state index contributed by atoms with van der Waals surface area (Å²) in [5.74, 6) is -22.3. The first kappa shape index (κ1) is 83.4. The van der Waals surface area contributed by atoms with Crippen LogP contribution in [0.3, 0.4) is 0 Å². The lowest BCUT2D eigenvalue weighted by Gasteiger charge is -2.43. The average molecular weight is 1490 g/mol. The van der Waals surface area contributed by atoms with Gasteiger partial charge < -0.3 is 60.0 Å². The molecule has 3 saturated carbocycles. The van der Waals surface area contributed by atoms with E-state index < -0.39 is 230 Å². The Balaban J connectivity index is 1.32. The summed E-state index contributed by atoms with van der Waals surface area (Å²) in [6, 6.07) is -12.2. The van der Waals surface area contributed by atoms with E-state index >= 15 is 36.7 Å². The number of benzene rings is 1. The summed E-state index contributed by atoms with van der Waals surface area (Å²) in [5, 5.41) is 7.40. The van der Waals surface area contributed by atoms with Gasteiger partial charge >= 0.3 is 12.4 Å². The molecular formula is C70H100F10N12O12. The number of nitrogens with one attached hydrogen (secondary N) is 3. The zero-order chi connectivity index (χ0) is 77.2. The monoisotopic (exact) mass is 1490 g/mol. The third-order valence-electron chi connectivity index (χ3n) is 21.9. The highest BCUT2D eigenvalue weighted by atomic mass is 19.4. The normalized spacial score (nSPS) is 26.9. The minimum Gasteiger partial charge on any atom is -0.343 e. The van der Waals surface area contributed by atoms with E-state index in [9.17, 15) is 64.7 Å². The summed E-state index contributed by atoms with van der Waals surface area (Å²) in [6.45, 7) is -0.498. The number of halogens is 10. The van der Waals surface area contributed by atoms with Crippen LogP contribution in [-0.4, -0.2) is 264 Å². The molecule has 1 aromatic rings. The van der Waals surface area contributed by atoms with Crippen molar-refractivity contribution in [2.24, 2.45) is 17.8 Å². The molecule has 3 aliphatic carbocycles. The van der Waals surface area contributed by atoms with Crippen LogP contribution >= 0.6 is 0 Å². The maximum atomic E-state index is 16.1. The van der Waals surface area contributed by atoms with Crippen molar-refractivity contribution in [1.82, 2.24) is 60.0 Å². The molecule has 3 N–H and O–H groups in total. The van der Waals surface area contributed by atoms with Crippen LogP contribution in [0.5, 0.6) is 0 Å². The zero-order valence-electron chi connectivity index (χ0n) is 60.6. The second-order valence-electron chi connectivity index (χ2n) is 29.5. The molecule has 8 atom stereocenters. The molecule has 104 heavy (non-hydrogen) atoms. The molecule has 0 aromatic heterocycles. The largest absolute Gasteiger partial charge is 0.422 e. The van der Waals surface area contributed by atoms with E-state index in [0.29, 0.717) is 79.7 Å². The smallest absolute Gasteiger partial charge is 0.343 e. The van der Waals surface area contributed by atoms with Crippen LogP contribution in [0, 0.1) is 29.4 Å². The topological polar surface area (TPSA) is 270 Å². The van der Waals surface area contributed by atoms with Gasteiger partial charge in [0, 0.05) is 68.8 Å². The van der Waals surface area contributed by atoms with E-state index in [4.69, 9.17) is 0 Å². The van der Waals surface area contributed by atoms with Gasteiger partial charge in [0.25, 0.3) is 5.92 Å². The fourth-order valence-electron chi connectivity index (χ4n) is 15.5. The molecule has 1 unspecified atom stereocenters. The molecule has 3 heterocycles. The summed E-state index contributed by atoms with van der Waals surface area (Å²) in [5.41, 5.74) is -4.71. The molecule has 34 heteroatoms. The van der Waals surface area contributed by atoms with E-state index in [2.05, 4.69) is 16.0 Å². The summed E-state index contributed by atoms with van der Waals surface area (Å²) < 4.78 is 148. The predicted molar refractivity (Wildman–Crippen MR) is 355 cm³/mol. The molecule has 0 bridgehead atoms. The van der Waals surface area contributed by atoms with Gasteiger partial charge in [-0.15, -0.1) is 0 Å². The second kappa shape index (κ2) is 35.0. The molecule has 7 rings (SSSR count). The van der Waals surface area contributed by atoms with E-state index in [-0.39, 0.29) is 57.5 Å². The quantitative estimate of drug-likeness (QED) is 0.234. The molecule has 12 amide bonds. The van der Waals surface area contributed by atoms with Crippen molar-refractivity contribution in [2.45, 2.75) is 228 Å². The van der Waals surface area contributed by atoms with Gasteiger partial charge in [-0.2, -0.15) is 26.3 Å². The van der Waals surface area contributed by atoms with Crippen molar-refractivity contribution in [3.63, 3.8) is 0 Å². The molecular weight excluding hydrogens is 1390 g/mol. The molecule has 1 spiro atoms. The summed E-state index contributed by atoms with van der Waals surface area (Å²) in [4.78, 5) is 185. The van der Waals surface area contributed by atoms with Crippen LogP contribution in [0.4, 0.5) is 43.9 Å². The zero-order valence-corrected chi connectivity index (χ0v) is 60.6. The Morgan fingerprint density at radius 1 is 0.615 bits per heavy atom. The Hall–Kier alpha value is -7.84. The first-order chi connectivity index (χ1) is 48.6. The molecule has 6 aliphatic rings. The van der Waals surface area contributed by atoms with E-state index in [1.807, 2.05) is 0 Å². The summed E-state index contributed by atoms with van der Waals surface area (Å²) >= 11 is 0. The van der Waals surface area contributed by atoms with Gasteiger partial charge in [-0.05, 0) is 93.2 Å². The molecule has 0 radical (unpaired) electrons. The number of carbonyl (C=O) groups is 12. The number of hydrogen-bond donors (Lipinski definition) is 3. The number of amides is 12. The Morgan fingerprint density at radius 3 is 1.74 bits per heavy atom. The van der Waals surface area contributed by atoms with Crippen LogP contribution in [0.15, 0.2) is 12.1 Å². The van der Waals surface area contributed by atoms with Crippen molar-refractivity contribution in [3.8, 4) is 0 Å². The van der Waals surface area contributed by atoms with Crippen LogP contribution < -0.4 is 16.0 Å². The van der Waals surface area contributed by atoms with E-state index in [1.54, 1.807) is 6.92 Å². The van der Waals surface area contributed by atoms with Gasteiger partial charge in [0.05, 0.1) is 39.0 Å². The number of likely N-dealkylation sites (tertiary alicyclic amines) is 1. The standard InChI is InChI=1S/C70H100F10N12O12/c1-10-41(2)57-64(102)86(5)38-54(95)84(3)39-55(96)87(6)48(33-42-21-13-11-14-22-42)62(100)85(4)37-52(93)81-47(26-25-43-31-45(71)56(46(72)32-43)70(78,79)80)61(99)92-40-68(73,74)35-51(92)60(98)83-67(27-17-18-28-67)66(104)90(9)58(44-23-15-12-16-24-44)65(103)89(8)49(63(101)91-29-19-20-30-91)34-53(94)88(7)50(59(97)82-57)36-69(75,76)77/h31-32,41-42,44,47-51,57-58H,10-30,33-40H2,1-9H3,(H,81,93)(H,82,97)(H,83,98)/t41-,47-,48-,49-,50-,51?,57-,58-/m0/s1. The average Bonchev–Trinajstić information content (AvgIpc) is 1.51. The molecule has 1 aromatic carbocycles.